The van der Waals surface area contributed by atoms with Crippen molar-refractivity contribution in [2.45, 2.75) is 59.1 Å². The fraction of sp³-hybridized carbons (Fsp3) is 0.517. The number of benzene rings is 2. The summed E-state index contributed by atoms with van der Waals surface area (Å²) in [4.78, 5) is 19.5. The Balaban J connectivity index is 1.24. The second-order valence-corrected chi connectivity index (χ2v) is 10.8. The standard InChI is InChI=1S/C29H38N4O2/c1-18(2)29(34)31-24-8-7-22-13-21(14-23(22)15-24)16-32-11-10-27(28(17-32)35-5)33-20(4)30-25-12-19(3)6-9-26(25)33/h6-9,12,15,18,21,27-28H,10-11,13-14,16-17H2,1-5H3,(H,31,34)/t21?,27-,28-/m1/s1. The summed E-state index contributed by atoms with van der Waals surface area (Å²) in [6.07, 6.45) is 3.38. The quantitative estimate of drug-likeness (QED) is 0.551. The lowest BCUT2D eigenvalue weighted by Gasteiger charge is -2.40. The fourth-order valence-electron chi connectivity index (χ4n) is 5.98. The topological polar surface area (TPSA) is 59.4 Å². The number of methoxy groups -OCH3 is 1. The van der Waals surface area contributed by atoms with Crippen molar-refractivity contribution in [1.82, 2.24) is 14.5 Å². The van der Waals surface area contributed by atoms with Crippen molar-refractivity contribution in [3.63, 3.8) is 0 Å². The van der Waals surface area contributed by atoms with Gasteiger partial charge in [-0.15, -0.1) is 0 Å². The number of rotatable bonds is 6. The molecule has 1 fully saturated rings. The molecule has 0 radical (unpaired) electrons. The minimum Gasteiger partial charge on any atom is -0.378 e. The molecule has 0 spiro atoms. The first-order chi connectivity index (χ1) is 16.8. The Morgan fingerprint density at radius 2 is 1.94 bits per heavy atom. The van der Waals surface area contributed by atoms with E-state index in [0.717, 1.165) is 55.9 Å². The molecule has 1 amide bonds. The number of hydrogen-bond donors (Lipinski definition) is 1. The van der Waals surface area contributed by atoms with E-state index in [1.807, 2.05) is 27.0 Å². The van der Waals surface area contributed by atoms with Crippen molar-refractivity contribution in [3.05, 3.63) is 58.9 Å². The molecular formula is C29H38N4O2. The summed E-state index contributed by atoms with van der Waals surface area (Å²) in [7, 11) is 1.85. The highest BCUT2D eigenvalue weighted by Crippen LogP contribution is 2.34. The van der Waals surface area contributed by atoms with E-state index in [1.54, 1.807) is 0 Å². The zero-order valence-corrected chi connectivity index (χ0v) is 21.7. The van der Waals surface area contributed by atoms with Crippen molar-refractivity contribution in [3.8, 4) is 0 Å². The number of ether oxygens (including phenoxy) is 1. The first-order valence-corrected chi connectivity index (χ1v) is 13.0. The highest BCUT2D eigenvalue weighted by molar-refractivity contribution is 5.92. The summed E-state index contributed by atoms with van der Waals surface area (Å²) in [6, 6.07) is 13.3. The van der Waals surface area contributed by atoms with Gasteiger partial charge in [-0.2, -0.15) is 0 Å². The summed E-state index contributed by atoms with van der Waals surface area (Å²) in [6.45, 7) is 11.2. The van der Waals surface area contributed by atoms with Crippen molar-refractivity contribution in [2.75, 3.05) is 32.1 Å². The van der Waals surface area contributed by atoms with E-state index in [0.29, 0.717) is 12.0 Å². The summed E-state index contributed by atoms with van der Waals surface area (Å²) in [5.41, 5.74) is 7.25. The number of carbonyl (C=O) groups is 1. The first kappa shape index (κ1) is 24.0. The van der Waals surface area contributed by atoms with Crippen LogP contribution in [0.5, 0.6) is 0 Å². The summed E-state index contributed by atoms with van der Waals surface area (Å²) < 4.78 is 8.45. The maximum absolute atomic E-state index is 12.1. The van der Waals surface area contributed by atoms with Gasteiger partial charge in [-0.1, -0.05) is 26.0 Å². The predicted molar refractivity (Wildman–Crippen MR) is 141 cm³/mol. The molecule has 1 aliphatic heterocycles. The zero-order chi connectivity index (χ0) is 24.7. The van der Waals surface area contributed by atoms with Crippen LogP contribution in [0.3, 0.4) is 0 Å². The third-order valence-electron chi connectivity index (χ3n) is 7.80. The Morgan fingerprint density at radius 1 is 1.14 bits per heavy atom. The molecular weight excluding hydrogens is 436 g/mol. The van der Waals surface area contributed by atoms with Gasteiger partial charge in [0.2, 0.25) is 5.91 Å². The summed E-state index contributed by atoms with van der Waals surface area (Å²) in [5, 5.41) is 3.05. The molecule has 5 rings (SSSR count). The second-order valence-electron chi connectivity index (χ2n) is 10.8. The van der Waals surface area contributed by atoms with E-state index in [1.165, 1.54) is 22.2 Å². The molecule has 1 aliphatic carbocycles. The van der Waals surface area contributed by atoms with Gasteiger partial charge >= 0.3 is 0 Å². The van der Waals surface area contributed by atoms with Crippen molar-refractivity contribution < 1.29 is 9.53 Å². The van der Waals surface area contributed by atoms with Gasteiger partial charge in [0.05, 0.1) is 23.2 Å². The predicted octanol–water partition coefficient (Wildman–Crippen LogP) is 4.92. The summed E-state index contributed by atoms with van der Waals surface area (Å²) >= 11 is 0. The minimum absolute atomic E-state index is 0.0131. The lowest BCUT2D eigenvalue weighted by Crippen LogP contribution is -2.47. The average molecular weight is 475 g/mol. The lowest BCUT2D eigenvalue weighted by atomic mass is 9.98. The Bertz CT molecular complexity index is 1230. The van der Waals surface area contributed by atoms with Crippen LogP contribution in [0.1, 0.15) is 48.8 Å². The number of piperidine rings is 1. The smallest absolute Gasteiger partial charge is 0.226 e. The van der Waals surface area contributed by atoms with E-state index in [9.17, 15) is 4.79 Å². The SMILES string of the molecule is CO[C@@H]1CN(CC2Cc3ccc(NC(=O)C(C)C)cc3C2)CC[C@H]1n1c(C)nc2cc(C)ccc21. The number of fused-ring (bicyclic) bond motifs is 2. The van der Waals surface area contributed by atoms with Gasteiger partial charge < -0.3 is 19.5 Å². The monoisotopic (exact) mass is 474 g/mol. The first-order valence-electron chi connectivity index (χ1n) is 13.0. The van der Waals surface area contributed by atoms with Crippen LogP contribution < -0.4 is 5.32 Å². The Labute approximate surface area is 208 Å². The maximum Gasteiger partial charge on any atom is 0.226 e. The van der Waals surface area contributed by atoms with Gasteiger partial charge in [0.25, 0.3) is 0 Å². The molecule has 2 aromatic carbocycles. The maximum atomic E-state index is 12.1. The Morgan fingerprint density at radius 3 is 2.71 bits per heavy atom. The molecule has 3 aromatic rings. The molecule has 186 valence electrons. The number of likely N-dealkylation sites (tertiary alicyclic amines) is 1. The number of aryl methyl sites for hydroxylation is 2. The highest BCUT2D eigenvalue weighted by atomic mass is 16.5. The molecule has 1 N–H and O–H groups in total. The van der Waals surface area contributed by atoms with Crippen LogP contribution in [0.25, 0.3) is 11.0 Å². The largest absolute Gasteiger partial charge is 0.378 e. The molecule has 2 aliphatic rings. The number of aromatic nitrogens is 2. The van der Waals surface area contributed by atoms with Crippen molar-refractivity contribution in [1.29, 1.82) is 0 Å². The number of hydrogen-bond acceptors (Lipinski definition) is 4. The van der Waals surface area contributed by atoms with Crippen molar-refractivity contribution >= 4 is 22.6 Å². The molecule has 2 heterocycles. The highest BCUT2D eigenvalue weighted by Gasteiger charge is 2.34. The number of imidazole rings is 1. The third-order valence-corrected chi connectivity index (χ3v) is 7.80. The molecule has 1 unspecified atom stereocenters. The molecule has 6 nitrogen and oxygen atoms in total. The van der Waals surface area contributed by atoms with Crippen LogP contribution in [0, 0.1) is 25.7 Å². The molecule has 35 heavy (non-hydrogen) atoms. The van der Waals surface area contributed by atoms with Crippen LogP contribution in [-0.4, -0.2) is 53.2 Å². The molecule has 0 saturated carbocycles. The number of amides is 1. The van der Waals surface area contributed by atoms with Gasteiger partial charge in [-0.3, -0.25) is 4.79 Å². The number of carbonyl (C=O) groups excluding carboxylic acids is 1. The van der Waals surface area contributed by atoms with Crippen LogP contribution in [0.2, 0.25) is 0 Å². The van der Waals surface area contributed by atoms with Crippen LogP contribution in [0.15, 0.2) is 36.4 Å². The zero-order valence-electron chi connectivity index (χ0n) is 21.7. The Kier molecular flexibility index (Phi) is 6.69. The minimum atomic E-state index is -0.0131. The van der Waals surface area contributed by atoms with Crippen LogP contribution in [-0.2, 0) is 22.4 Å². The van der Waals surface area contributed by atoms with Gasteiger partial charge in [-0.05, 0) is 80.0 Å². The molecule has 0 bridgehead atoms. The van der Waals surface area contributed by atoms with E-state index in [-0.39, 0.29) is 17.9 Å². The lowest BCUT2D eigenvalue weighted by molar-refractivity contribution is -0.118. The second kappa shape index (κ2) is 9.75. The van der Waals surface area contributed by atoms with Gasteiger partial charge in [0.1, 0.15) is 5.82 Å². The number of anilines is 1. The van der Waals surface area contributed by atoms with Gasteiger partial charge in [-0.25, -0.2) is 4.98 Å². The Hall–Kier alpha value is -2.70. The van der Waals surface area contributed by atoms with Gasteiger partial charge in [0, 0.05) is 38.3 Å². The average Bonchev–Trinajstić information content (AvgIpc) is 3.37. The van der Waals surface area contributed by atoms with Gasteiger partial charge in [0.15, 0.2) is 0 Å². The molecule has 1 aromatic heterocycles. The number of nitrogens with zero attached hydrogens (tertiary/aromatic N) is 3. The van der Waals surface area contributed by atoms with E-state index in [2.05, 4.69) is 59.0 Å². The molecule has 1 saturated heterocycles. The van der Waals surface area contributed by atoms with Crippen LogP contribution in [0.4, 0.5) is 5.69 Å². The van der Waals surface area contributed by atoms with E-state index in [4.69, 9.17) is 9.72 Å². The number of nitrogens with one attached hydrogen (secondary N) is 1. The molecule has 6 heteroatoms. The van der Waals surface area contributed by atoms with E-state index < -0.39 is 0 Å². The molecule has 3 atom stereocenters. The third kappa shape index (κ3) is 4.87. The fourth-order valence-corrected chi connectivity index (χ4v) is 5.98. The summed E-state index contributed by atoms with van der Waals surface area (Å²) in [5.74, 6) is 1.73. The van der Waals surface area contributed by atoms with Crippen molar-refractivity contribution in [2.24, 2.45) is 11.8 Å². The van der Waals surface area contributed by atoms with E-state index >= 15 is 0 Å². The van der Waals surface area contributed by atoms with Crippen LogP contribution >= 0.6 is 0 Å². The normalized spacial score (nSPS) is 22.6.